The number of halogens is 3. The van der Waals surface area contributed by atoms with Crippen LogP contribution in [0.15, 0.2) is 72.9 Å². The lowest BCUT2D eigenvalue weighted by Crippen LogP contribution is -2.36. The number of anilines is 1. The van der Waals surface area contributed by atoms with Gasteiger partial charge in [-0.2, -0.15) is 5.10 Å². The fourth-order valence-electron chi connectivity index (χ4n) is 3.15. The van der Waals surface area contributed by atoms with Crippen LogP contribution < -0.4 is 5.32 Å². The van der Waals surface area contributed by atoms with Gasteiger partial charge in [0.05, 0.1) is 23.9 Å². The van der Waals surface area contributed by atoms with E-state index in [1.165, 1.54) is 36.4 Å². The van der Waals surface area contributed by atoms with Crippen molar-refractivity contribution >= 4 is 16.6 Å². The lowest BCUT2D eigenvalue weighted by Gasteiger charge is -2.26. The van der Waals surface area contributed by atoms with Crippen LogP contribution in [0, 0.1) is 11.6 Å². The summed E-state index contributed by atoms with van der Waals surface area (Å²) in [6.07, 6.45) is 1.61. The van der Waals surface area contributed by atoms with Crippen molar-refractivity contribution < 1.29 is 18.3 Å². The Morgan fingerprint density at radius 1 is 0.931 bits per heavy atom. The van der Waals surface area contributed by atoms with E-state index in [-0.39, 0.29) is 18.2 Å². The van der Waals surface area contributed by atoms with E-state index in [0.29, 0.717) is 22.3 Å². The van der Waals surface area contributed by atoms with Crippen molar-refractivity contribution in [2.45, 2.75) is 5.60 Å². The molecule has 4 aromatic rings. The molecule has 0 bridgehead atoms. The lowest BCUT2D eigenvalue weighted by molar-refractivity contribution is 0.0241. The lowest BCUT2D eigenvalue weighted by atomic mass is 9.94. The van der Waals surface area contributed by atoms with Crippen molar-refractivity contribution in [3.05, 3.63) is 90.1 Å². The van der Waals surface area contributed by atoms with E-state index in [0.717, 1.165) is 5.52 Å². The van der Waals surface area contributed by atoms with Crippen molar-refractivity contribution in [2.24, 2.45) is 0 Å². The van der Waals surface area contributed by atoms with Gasteiger partial charge in [0.1, 0.15) is 23.9 Å². The second-order valence-electron chi connectivity index (χ2n) is 6.83. The minimum atomic E-state index is -1.76. The van der Waals surface area contributed by atoms with Crippen molar-refractivity contribution in [3.63, 3.8) is 0 Å². The van der Waals surface area contributed by atoms with Crippen molar-refractivity contribution in [3.8, 4) is 5.69 Å². The summed E-state index contributed by atoms with van der Waals surface area (Å²) in [4.78, 5) is 0. The Bertz CT molecular complexity index is 1130. The number of nitrogens with zero attached hydrogens (tertiary/aromatic N) is 2. The molecule has 0 aliphatic rings. The maximum absolute atomic E-state index is 13.8. The zero-order valence-corrected chi connectivity index (χ0v) is 15.3. The van der Waals surface area contributed by atoms with Crippen LogP contribution in [0.5, 0.6) is 0 Å². The summed E-state index contributed by atoms with van der Waals surface area (Å²) in [5.74, 6) is -0.714. The summed E-state index contributed by atoms with van der Waals surface area (Å²) in [5, 5.41) is 18.8. The second-order valence-corrected chi connectivity index (χ2v) is 6.83. The topological polar surface area (TPSA) is 50.1 Å². The van der Waals surface area contributed by atoms with E-state index in [9.17, 15) is 18.3 Å². The molecular weight excluding hydrogens is 379 g/mol. The number of fused-ring (bicyclic) bond motifs is 1. The molecule has 7 heteroatoms. The molecule has 0 aliphatic heterocycles. The molecule has 0 saturated heterocycles. The van der Waals surface area contributed by atoms with Gasteiger partial charge in [-0.15, -0.1) is 0 Å². The molecule has 0 fully saturated rings. The Hall–Kier alpha value is -3.32. The van der Waals surface area contributed by atoms with E-state index in [1.807, 2.05) is 0 Å². The molecule has 2 N–H and O–H groups in total. The summed E-state index contributed by atoms with van der Waals surface area (Å²) < 4.78 is 41.6. The third-order valence-corrected chi connectivity index (χ3v) is 4.83. The molecule has 4 rings (SSSR count). The van der Waals surface area contributed by atoms with Crippen LogP contribution in [0.4, 0.5) is 18.9 Å². The van der Waals surface area contributed by atoms with Gasteiger partial charge >= 0.3 is 0 Å². The average Bonchev–Trinajstić information content (AvgIpc) is 3.17. The van der Waals surface area contributed by atoms with Crippen LogP contribution >= 0.6 is 0 Å². The van der Waals surface area contributed by atoms with Gasteiger partial charge in [0.2, 0.25) is 0 Å². The molecule has 0 aliphatic carbocycles. The van der Waals surface area contributed by atoms with E-state index in [2.05, 4.69) is 10.4 Å². The Labute approximate surface area is 165 Å². The monoisotopic (exact) mass is 397 g/mol. The van der Waals surface area contributed by atoms with Crippen molar-refractivity contribution in [1.82, 2.24) is 9.78 Å². The Balaban J connectivity index is 1.61. The summed E-state index contributed by atoms with van der Waals surface area (Å²) in [5.41, 5.74) is 0.630. The second kappa shape index (κ2) is 7.60. The number of rotatable bonds is 6. The van der Waals surface area contributed by atoms with Gasteiger partial charge in [-0.25, -0.2) is 17.9 Å². The molecule has 0 spiro atoms. The van der Waals surface area contributed by atoms with Crippen molar-refractivity contribution in [1.29, 1.82) is 0 Å². The number of hydrogen-bond donors (Lipinski definition) is 2. The maximum Gasteiger partial charge on any atom is 0.135 e. The number of aromatic nitrogens is 2. The largest absolute Gasteiger partial charge is 0.382 e. The van der Waals surface area contributed by atoms with Gasteiger partial charge in [0.15, 0.2) is 0 Å². The SMILES string of the molecule is OC(CF)(CNc1ccc(F)cc1)c1ccc2c(cnn2-c2ccc(F)cc2)c1. The quantitative estimate of drug-likeness (QED) is 0.501. The van der Waals surface area contributed by atoms with Crippen LogP contribution in [0.3, 0.4) is 0 Å². The Kier molecular flexibility index (Phi) is 4.98. The number of benzene rings is 3. The number of alkyl halides is 1. The molecule has 0 saturated carbocycles. The molecule has 0 radical (unpaired) electrons. The van der Waals surface area contributed by atoms with E-state index in [4.69, 9.17) is 0 Å². The Morgan fingerprint density at radius 3 is 2.24 bits per heavy atom. The first kappa shape index (κ1) is 19.0. The number of aliphatic hydroxyl groups is 1. The number of hydrogen-bond acceptors (Lipinski definition) is 3. The van der Waals surface area contributed by atoms with Crippen LogP contribution in [0.2, 0.25) is 0 Å². The van der Waals surface area contributed by atoms with E-state index in [1.54, 1.807) is 41.2 Å². The Morgan fingerprint density at radius 2 is 1.59 bits per heavy atom. The van der Waals surface area contributed by atoms with E-state index >= 15 is 0 Å². The first-order valence-electron chi connectivity index (χ1n) is 9.00. The zero-order valence-electron chi connectivity index (χ0n) is 15.3. The van der Waals surface area contributed by atoms with Crippen LogP contribution in [0.25, 0.3) is 16.6 Å². The molecule has 3 aromatic carbocycles. The summed E-state index contributed by atoms with van der Waals surface area (Å²) >= 11 is 0. The highest BCUT2D eigenvalue weighted by Crippen LogP contribution is 2.28. The minimum Gasteiger partial charge on any atom is -0.382 e. The predicted octanol–water partition coefficient (Wildman–Crippen LogP) is 4.57. The van der Waals surface area contributed by atoms with Gasteiger partial charge < -0.3 is 10.4 Å². The third-order valence-electron chi connectivity index (χ3n) is 4.83. The fraction of sp³-hybridized carbons (Fsp3) is 0.136. The smallest absolute Gasteiger partial charge is 0.135 e. The first-order chi connectivity index (χ1) is 14.0. The summed E-state index contributed by atoms with van der Waals surface area (Å²) in [7, 11) is 0. The van der Waals surface area contributed by atoms with Crippen molar-refractivity contribution in [2.75, 3.05) is 18.5 Å². The first-order valence-corrected chi connectivity index (χ1v) is 9.00. The standard InChI is InChI=1S/C22H18F3N3O/c23-13-22(29,14-26-19-6-2-17(24)3-7-19)16-1-10-21-15(11-16)12-27-28(21)20-8-4-18(25)5-9-20/h1-12,26,29H,13-14H2. The van der Waals surface area contributed by atoms with Gasteiger partial charge in [0.25, 0.3) is 0 Å². The highest BCUT2D eigenvalue weighted by atomic mass is 19.1. The molecule has 1 atom stereocenters. The molecule has 4 nitrogen and oxygen atoms in total. The minimum absolute atomic E-state index is 0.0905. The van der Waals surface area contributed by atoms with Crippen LogP contribution in [-0.4, -0.2) is 28.1 Å². The van der Waals surface area contributed by atoms with Gasteiger partial charge in [-0.05, 0) is 66.2 Å². The molecular formula is C22H18F3N3O. The van der Waals surface area contributed by atoms with E-state index < -0.39 is 12.3 Å². The molecule has 1 aromatic heterocycles. The zero-order chi connectivity index (χ0) is 20.4. The predicted molar refractivity (Wildman–Crippen MR) is 106 cm³/mol. The summed E-state index contributed by atoms with van der Waals surface area (Å²) in [6, 6.07) is 16.6. The molecule has 0 amide bonds. The molecule has 1 unspecified atom stereocenters. The summed E-state index contributed by atoms with van der Waals surface area (Å²) in [6.45, 7) is -1.09. The highest BCUT2D eigenvalue weighted by molar-refractivity contribution is 5.81. The normalized spacial score (nSPS) is 13.4. The third kappa shape index (κ3) is 3.82. The number of nitrogens with one attached hydrogen (secondary N) is 1. The molecule has 1 heterocycles. The highest BCUT2D eigenvalue weighted by Gasteiger charge is 2.30. The average molecular weight is 397 g/mol. The van der Waals surface area contributed by atoms with Gasteiger partial charge in [-0.3, -0.25) is 0 Å². The van der Waals surface area contributed by atoms with Crippen LogP contribution in [-0.2, 0) is 5.60 Å². The fourth-order valence-corrected chi connectivity index (χ4v) is 3.15. The molecule has 29 heavy (non-hydrogen) atoms. The maximum atomic E-state index is 13.8. The molecule has 148 valence electrons. The van der Waals surface area contributed by atoms with Gasteiger partial charge in [0, 0.05) is 11.1 Å². The van der Waals surface area contributed by atoms with Gasteiger partial charge in [-0.1, -0.05) is 6.07 Å². The van der Waals surface area contributed by atoms with Crippen LogP contribution in [0.1, 0.15) is 5.56 Å².